The van der Waals surface area contributed by atoms with Gasteiger partial charge in [-0.1, -0.05) is 0 Å². The maximum Gasteiger partial charge on any atom is 0.255 e. The molecule has 3 N–H and O–H groups in total. The highest BCUT2D eigenvalue weighted by Gasteiger charge is 2.07. The fourth-order valence-electron chi connectivity index (χ4n) is 1.32. The summed E-state index contributed by atoms with van der Waals surface area (Å²) >= 11 is 0. The second kappa shape index (κ2) is 4.61. The van der Waals surface area contributed by atoms with Crippen molar-refractivity contribution >= 4 is 17.3 Å². The van der Waals surface area contributed by atoms with Crippen molar-refractivity contribution in [2.45, 2.75) is 0 Å². The lowest BCUT2D eigenvalue weighted by molar-refractivity contribution is 0.102. The summed E-state index contributed by atoms with van der Waals surface area (Å²) in [6, 6.07) is 6.86. The summed E-state index contributed by atoms with van der Waals surface area (Å²) in [6.07, 6.45) is 2.97. The molecule has 0 unspecified atom stereocenters. The standard InChI is InChI=1S/C12H10FN3O/c13-9-3-1-8(2-4-9)12(17)16-11-5-6-15-7-10(11)14/h1-7H,14H2,(H,15,16,17). The third-order valence-electron chi connectivity index (χ3n) is 2.21. The topological polar surface area (TPSA) is 68.0 Å². The largest absolute Gasteiger partial charge is 0.396 e. The van der Waals surface area contributed by atoms with Crippen LogP contribution < -0.4 is 11.1 Å². The molecule has 4 nitrogen and oxygen atoms in total. The van der Waals surface area contributed by atoms with Gasteiger partial charge in [0.25, 0.3) is 5.91 Å². The van der Waals surface area contributed by atoms with Crippen LogP contribution in [-0.2, 0) is 0 Å². The highest BCUT2D eigenvalue weighted by molar-refractivity contribution is 6.05. The zero-order valence-electron chi connectivity index (χ0n) is 8.85. The second-order valence-corrected chi connectivity index (χ2v) is 3.42. The number of nitrogens with two attached hydrogens (primary N) is 1. The average Bonchev–Trinajstić information content (AvgIpc) is 2.33. The van der Waals surface area contributed by atoms with Crippen molar-refractivity contribution in [3.8, 4) is 0 Å². The van der Waals surface area contributed by atoms with Crippen LogP contribution in [0.1, 0.15) is 10.4 Å². The summed E-state index contributed by atoms with van der Waals surface area (Å²) < 4.78 is 12.7. The normalized spacial score (nSPS) is 9.94. The Hall–Kier alpha value is -2.43. The van der Waals surface area contributed by atoms with Crippen molar-refractivity contribution in [2.24, 2.45) is 0 Å². The molecule has 2 aromatic rings. The molecule has 1 aromatic carbocycles. The van der Waals surface area contributed by atoms with Crippen molar-refractivity contribution in [1.29, 1.82) is 0 Å². The maximum absolute atomic E-state index is 12.7. The molecule has 0 saturated heterocycles. The number of amides is 1. The molecule has 0 bridgehead atoms. The summed E-state index contributed by atoms with van der Waals surface area (Å²) in [4.78, 5) is 15.6. The van der Waals surface area contributed by atoms with Crippen molar-refractivity contribution in [3.05, 3.63) is 54.1 Å². The minimum Gasteiger partial charge on any atom is -0.396 e. The quantitative estimate of drug-likeness (QED) is 0.831. The molecule has 17 heavy (non-hydrogen) atoms. The average molecular weight is 231 g/mol. The number of nitrogens with zero attached hydrogens (tertiary/aromatic N) is 1. The third-order valence-corrected chi connectivity index (χ3v) is 2.21. The molecule has 0 spiro atoms. The molecule has 5 heteroatoms. The Labute approximate surface area is 97.3 Å². The lowest BCUT2D eigenvalue weighted by atomic mass is 10.2. The minimum atomic E-state index is -0.384. The van der Waals surface area contributed by atoms with Gasteiger partial charge in [0, 0.05) is 11.8 Å². The van der Waals surface area contributed by atoms with Crippen LogP contribution in [0.15, 0.2) is 42.7 Å². The first-order chi connectivity index (χ1) is 8.16. The van der Waals surface area contributed by atoms with Crippen LogP contribution in [0.5, 0.6) is 0 Å². The first kappa shape index (κ1) is 11.1. The molecule has 1 aromatic heterocycles. The first-order valence-electron chi connectivity index (χ1n) is 4.93. The molecule has 0 radical (unpaired) electrons. The molecule has 0 atom stereocenters. The van der Waals surface area contributed by atoms with Crippen molar-refractivity contribution in [3.63, 3.8) is 0 Å². The first-order valence-corrected chi connectivity index (χ1v) is 4.93. The molecule has 1 heterocycles. The van der Waals surface area contributed by atoms with E-state index in [1.165, 1.54) is 36.7 Å². The SMILES string of the molecule is Nc1cnccc1NC(=O)c1ccc(F)cc1. The van der Waals surface area contributed by atoms with Gasteiger partial charge in [0.2, 0.25) is 0 Å². The van der Waals surface area contributed by atoms with Crippen LogP contribution in [0.3, 0.4) is 0 Å². The molecular weight excluding hydrogens is 221 g/mol. The van der Waals surface area contributed by atoms with E-state index in [4.69, 9.17) is 5.73 Å². The van der Waals surface area contributed by atoms with Gasteiger partial charge in [-0.2, -0.15) is 0 Å². The summed E-state index contributed by atoms with van der Waals surface area (Å²) in [5.41, 5.74) is 6.86. The Bertz CT molecular complexity index is 540. The van der Waals surface area contributed by atoms with Crippen molar-refractivity contribution in [1.82, 2.24) is 4.98 Å². The number of aromatic nitrogens is 1. The zero-order chi connectivity index (χ0) is 12.3. The van der Waals surface area contributed by atoms with Crippen LogP contribution in [0.2, 0.25) is 0 Å². The zero-order valence-corrected chi connectivity index (χ0v) is 8.85. The van der Waals surface area contributed by atoms with E-state index < -0.39 is 0 Å². The smallest absolute Gasteiger partial charge is 0.255 e. The number of pyridine rings is 1. The Morgan fingerprint density at radius 2 is 1.94 bits per heavy atom. The molecule has 0 aliphatic heterocycles. The van der Waals surface area contributed by atoms with Crippen LogP contribution in [0.25, 0.3) is 0 Å². The summed E-state index contributed by atoms with van der Waals surface area (Å²) in [5, 5.41) is 2.62. The Morgan fingerprint density at radius 3 is 2.59 bits per heavy atom. The number of hydrogen-bond acceptors (Lipinski definition) is 3. The van der Waals surface area contributed by atoms with Gasteiger partial charge in [-0.15, -0.1) is 0 Å². The highest BCUT2D eigenvalue weighted by Crippen LogP contribution is 2.16. The number of anilines is 2. The number of carbonyl (C=O) groups is 1. The van der Waals surface area contributed by atoms with E-state index in [9.17, 15) is 9.18 Å². The molecule has 0 aliphatic rings. The minimum absolute atomic E-state index is 0.345. The second-order valence-electron chi connectivity index (χ2n) is 3.42. The van der Waals surface area contributed by atoms with Gasteiger partial charge in [0.15, 0.2) is 0 Å². The summed E-state index contributed by atoms with van der Waals surface area (Å²) in [5.74, 6) is -0.729. The lowest BCUT2D eigenvalue weighted by Gasteiger charge is -2.07. The van der Waals surface area contributed by atoms with Crippen LogP contribution in [-0.4, -0.2) is 10.9 Å². The predicted molar refractivity (Wildman–Crippen MR) is 63.0 cm³/mol. The number of carbonyl (C=O) groups excluding carboxylic acids is 1. The summed E-state index contributed by atoms with van der Waals surface area (Å²) in [6.45, 7) is 0. The maximum atomic E-state index is 12.7. The monoisotopic (exact) mass is 231 g/mol. The lowest BCUT2D eigenvalue weighted by Crippen LogP contribution is -2.13. The number of nitrogen functional groups attached to an aromatic ring is 1. The molecule has 86 valence electrons. The van der Waals surface area contributed by atoms with Gasteiger partial charge in [-0.25, -0.2) is 4.39 Å². The highest BCUT2D eigenvalue weighted by atomic mass is 19.1. The molecule has 0 aliphatic carbocycles. The van der Waals surface area contributed by atoms with Crippen LogP contribution in [0.4, 0.5) is 15.8 Å². The fraction of sp³-hybridized carbons (Fsp3) is 0. The van der Waals surface area contributed by atoms with E-state index in [1.807, 2.05) is 0 Å². The number of benzene rings is 1. The van der Waals surface area contributed by atoms with E-state index in [1.54, 1.807) is 6.07 Å². The summed E-state index contributed by atoms with van der Waals surface area (Å²) in [7, 11) is 0. The van der Waals surface area contributed by atoms with Crippen molar-refractivity contribution in [2.75, 3.05) is 11.1 Å². The van der Waals surface area contributed by atoms with Crippen LogP contribution in [0, 0.1) is 5.82 Å². The van der Waals surface area contributed by atoms with Gasteiger partial charge < -0.3 is 11.1 Å². The van der Waals surface area contributed by atoms with E-state index in [0.717, 1.165) is 0 Å². The number of nitrogens with one attached hydrogen (secondary N) is 1. The number of hydrogen-bond donors (Lipinski definition) is 2. The molecular formula is C12H10FN3O. The van der Waals surface area contributed by atoms with E-state index in [-0.39, 0.29) is 11.7 Å². The van der Waals surface area contributed by atoms with Gasteiger partial charge in [-0.3, -0.25) is 9.78 Å². The van der Waals surface area contributed by atoms with Gasteiger partial charge >= 0.3 is 0 Å². The van der Waals surface area contributed by atoms with Crippen molar-refractivity contribution < 1.29 is 9.18 Å². The predicted octanol–water partition coefficient (Wildman–Crippen LogP) is 2.06. The van der Waals surface area contributed by atoms with E-state index >= 15 is 0 Å². The van der Waals surface area contributed by atoms with Gasteiger partial charge in [-0.05, 0) is 30.3 Å². The fourth-order valence-corrected chi connectivity index (χ4v) is 1.32. The molecule has 1 amide bonds. The third kappa shape index (κ3) is 2.57. The Kier molecular flexibility index (Phi) is 3.00. The number of halogens is 1. The molecule has 2 rings (SSSR count). The van der Waals surface area contributed by atoms with Gasteiger partial charge in [0.05, 0.1) is 17.6 Å². The van der Waals surface area contributed by atoms with E-state index in [2.05, 4.69) is 10.3 Å². The number of rotatable bonds is 2. The molecule has 0 fully saturated rings. The van der Waals surface area contributed by atoms with Crippen LogP contribution >= 0.6 is 0 Å². The van der Waals surface area contributed by atoms with Gasteiger partial charge in [0.1, 0.15) is 5.82 Å². The van der Waals surface area contributed by atoms with E-state index in [0.29, 0.717) is 16.9 Å². The molecule has 0 saturated carbocycles. The Morgan fingerprint density at radius 1 is 1.24 bits per heavy atom. The Balaban J connectivity index is 2.17.